The molecule has 2 aromatic carbocycles. The molecule has 1 fully saturated rings. The minimum atomic E-state index is 0.109. The Hall–Kier alpha value is -1.64. The highest BCUT2D eigenvalue weighted by atomic mass is 16.5. The number of hydrogen-bond donors (Lipinski definition) is 1. The van der Waals surface area contributed by atoms with Crippen LogP contribution in [0.1, 0.15) is 29.5 Å². The third kappa shape index (κ3) is 2.92. The van der Waals surface area contributed by atoms with Crippen LogP contribution < -0.4 is 0 Å². The smallest absolute Gasteiger partial charge is 0.0717 e. The van der Waals surface area contributed by atoms with Crippen LogP contribution >= 0.6 is 0 Å². The first kappa shape index (κ1) is 13.3. The van der Waals surface area contributed by atoms with E-state index in [1.165, 1.54) is 24.0 Å². The molecular formula is C18H20O2. The molecule has 0 radical (unpaired) electrons. The first-order valence-electron chi connectivity index (χ1n) is 7.14. The fraction of sp³-hybridized carbons (Fsp3) is 0.333. The molecule has 1 aliphatic carbocycles. The second-order valence-electron chi connectivity index (χ2n) is 5.61. The predicted octanol–water partition coefficient (Wildman–Crippen LogP) is 3.43. The van der Waals surface area contributed by atoms with Gasteiger partial charge >= 0.3 is 0 Å². The number of rotatable bonds is 6. The maximum Gasteiger partial charge on any atom is 0.0717 e. The van der Waals surface area contributed by atoms with Crippen LogP contribution in [-0.2, 0) is 23.4 Å². The molecule has 3 rings (SSSR count). The molecule has 1 N–H and O–H groups in total. The van der Waals surface area contributed by atoms with Gasteiger partial charge in [-0.25, -0.2) is 0 Å². The van der Waals surface area contributed by atoms with E-state index in [0.29, 0.717) is 6.61 Å². The van der Waals surface area contributed by atoms with Crippen molar-refractivity contribution in [2.45, 2.75) is 31.5 Å². The monoisotopic (exact) mass is 268 g/mol. The molecule has 0 unspecified atom stereocenters. The molecule has 0 aromatic heterocycles. The van der Waals surface area contributed by atoms with E-state index in [4.69, 9.17) is 9.84 Å². The average Bonchev–Trinajstić information content (AvgIpc) is 3.30. The second-order valence-corrected chi connectivity index (χ2v) is 5.61. The fourth-order valence-corrected chi connectivity index (χ4v) is 2.57. The number of hydrogen-bond acceptors (Lipinski definition) is 2. The number of ether oxygens (including phenoxy) is 1. The Bertz CT molecular complexity index is 541. The van der Waals surface area contributed by atoms with Crippen molar-refractivity contribution in [1.82, 2.24) is 0 Å². The Morgan fingerprint density at radius 2 is 1.60 bits per heavy atom. The lowest BCUT2D eigenvalue weighted by Gasteiger charge is -2.16. The lowest BCUT2D eigenvalue weighted by molar-refractivity contribution is 0.100. The fourth-order valence-electron chi connectivity index (χ4n) is 2.57. The Labute approximate surface area is 120 Å². The van der Waals surface area contributed by atoms with E-state index in [9.17, 15) is 0 Å². The van der Waals surface area contributed by atoms with Gasteiger partial charge in [0.25, 0.3) is 0 Å². The zero-order valence-electron chi connectivity index (χ0n) is 11.6. The topological polar surface area (TPSA) is 29.5 Å². The maximum absolute atomic E-state index is 9.09. The molecule has 1 saturated carbocycles. The summed E-state index contributed by atoms with van der Waals surface area (Å²) in [7, 11) is 0. The molecule has 0 spiro atoms. The van der Waals surface area contributed by atoms with Crippen LogP contribution in [0, 0.1) is 0 Å². The van der Waals surface area contributed by atoms with Crippen LogP contribution in [-0.4, -0.2) is 11.7 Å². The van der Waals surface area contributed by atoms with Crippen LogP contribution in [0.4, 0.5) is 0 Å². The van der Waals surface area contributed by atoms with Crippen molar-refractivity contribution in [1.29, 1.82) is 0 Å². The molecule has 0 aliphatic heterocycles. The summed E-state index contributed by atoms with van der Waals surface area (Å²) in [5, 5.41) is 9.09. The Balaban J connectivity index is 1.58. The normalized spacial score (nSPS) is 16.1. The van der Waals surface area contributed by atoms with Gasteiger partial charge in [-0.1, -0.05) is 54.6 Å². The van der Waals surface area contributed by atoms with Crippen LogP contribution in [0.5, 0.6) is 0 Å². The van der Waals surface area contributed by atoms with Crippen molar-refractivity contribution in [3.8, 4) is 0 Å². The van der Waals surface area contributed by atoms with E-state index in [1.54, 1.807) is 0 Å². The van der Waals surface area contributed by atoms with Crippen molar-refractivity contribution in [2.24, 2.45) is 0 Å². The molecular weight excluding hydrogens is 248 g/mol. The van der Waals surface area contributed by atoms with Gasteiger partial charge in [0.05, 0.1) is 19.8 Å². The summed E-state index contributed by atoms with van der Waals surface area (Å²) in [6.07, 6.45) is 2.39. The highest BCUT2D eigenvalue weighted by Crippen LogP contribution is 2.48. The zero-order chi connectivity index (χ0) is 13.8. The third-order valence-corrected chi connectivity index (χ3v) is 4.09. The zero-order valence-corrected chi connectivity index (χ0v) is 11.6. The standard InChI is InChI=1S/C18H20O2/c19-12-15-6-8-17(9-7-15)18(10-11-18)14-20-13-16-4-2-1-3-5-16/h1-9,19H,10-14H2. The Morgan fingerprint density at radius 3 is 2.20 bits per heavy atom. The largest absolute Gasteiger partial charge is 0.392 e. The molecule has 0 amide bonds. The summed E-state index contributed by atoms with van der Waals surface area (Å²) in [4.78, 5) is 0. The van der Waals surface area contributed by atoms with Crippen molar-refractivity contribution < 1.29 is 9.84 Å². The first-order valence-corrected chi connectivity index (χ1v) is 7.14. The summed E-state index contributed by atoms with van der Waals surface area (Å²) in [6, 6.07) is 18.6. The second kappa shape index (κ2) is 5.78. The van der Waals surface area contributed by atoms with Gasteiger partial charge in [-0.3, -0.25) is 0 Å². The molecule has 0 heterocycles. The molecule has 104 valence electrons. The molecule has 0 saturated heterocycles. The highest BCUT2D eigenvalue weighted by molar-refractivity contribution is 5.33. The van der Waals surface area contributed by atoms with Gasteiger partial charge in [-0.15, -0.1) is 0 Å². The predicted molar refractivity (Wildman–Crippen MR) is 79.4 cm³/mol. The number of aliphatic hydroxyl groups excluding tert-OH is 1. The van der Waals surface area contributed by atoms with Gasteiger partial charge in [0.15, 0.2) is 0 Å². The van der Waals surface area contributed by atoms with Crippen molar-refractivity contribution in [2.75, 3.05) is 6.61 Å². The van der Waals surface area contributed by atoms with Gasteiger partial charge < -0.3 is 9.84 Å². The van der Waals surface area contributed by atoms with Gasteiger partial charge in [0, 0.05) is 5.41 Å². The molecule has 1 aliphatic rings. The molecule has 0 bridgehead atoms. The van der Waals surface area contributed by atoms with Gasteiger partial charge in [-0.2, -0.15) is 0 Å². The van der Waals surface area contributed by atoms with Gasteiger partial charge in [0.1, 0.15) is 0 Å². The van der Waals surface area contributed by atoms with Gasteiger partial charge in [-0.05, 0) is 29.5 Å². The Kier molecular flexibility index (Phi) is 3.86. The molecule has 2 heteroatoms. The lowest BCUT2D eigenvalue weighted by Crippen LogP contribution is -2.15. The number of benzene rings is 2. The van der Waals surface area contributed by atoms with E-state index < -0.39 is 0 Å². The Morgan fingerprint density at radius 1 is 0.900 bits per heavy atom. The highest BCUT2D eigenvalue weighted by Gasteiger charge is 2.44. The van der Waals surface area contributed by atoms with E-state index in [2.05, 4.69) is 24.3 Å². The van der Waals surface area contributed by atoms with Crippen LogP contribution in [0.15, 0.2) is 54.6 Å². The summed E-state index contributed by atoms with van der Waals surface area (Å²) in [5.74, 6) is 0. The van der Waals surface area contributed by atoms with Crippen LogP contribution in [0.3, 0.4) is 0 Å². The first-order chi connectivity index (χ1) is 9.82. The van der Waals surface area contributed by atoms with Crippen LogP contribution in [0.25, 0.3) is 0 Å². The van der Waals surface area contributed by atoms with Crippen molar-refractivity contribution >= 4 is 0 Å². The van der Waals surface area contributed by atoms with Crippen LogP contribution in [0.2, 0.25) is 0 Å². The van der Waals surface area contributed by atoms with E-state index in [-0.39, 0.29) is 12.0 Å². The van der Waals surface area contributed by atoms with E-state index in [1.807, 2.05) is 30.3 Å². The quantitative estimate of drug-likeness (QED) is 0.869. The van der Waals surface area contributed by atoms with E-state index in [0.717, 1.165) is 12.2 Å². The van der Waals surface area contributed by atoms with E-state index >= 15 is 0 Å². The minimum Gasteiger partial charge on any atom is -0.392 e. The maximum atomic E-state index is 9.09. The summed E-state index contributed by atoms with van der Waals surface area (Å²) >= 11 is 0. The van der Waals surface area contributed by atoms with Crippen molar-refractivity contribution in [3.05, 3.63) is 71.3 Å². The molecule has 2 nitrogen and oxygen atoms in total. The summed E-state index contributed by atoms with van der Waals surface area (Å²) < 4.78 is 5.91. The summed E-state index contributed by atoms with van der Waals surface area (Å²) in [6.45, 7) is 1.56. The SMILES string of the molecule is OCc1ccc(C2(COCc3ccccc3)CC2)cc1. The van der Waals surface area contributed by atoms with Crippen molar-refractivity contribution in [3.63, 3.8) is 0 Å². The molecule has 20 heavy (non-hydrogen) atoms. The minimum absolute atomic E-state index is 0.109. The molecule has 0 atom stereocenters. The molecule has 2 aromatic rings. The van der Waals surface area contributed by atoms with Gasteiger partial charge in [0.2, 0.25) is 0 Å². The third-order valence-electron chi connectivity index (χ3n) is 4.09. The average molecular weight is 268 g/mol. The summed E-state index contributed by atoms with van der Waals surface area (Å²) in [5.41, 5.74) is 3.74. The number of aliphatic hydroxyl groups is 1. The lowest BCUT2D eigenvalue weighted by atomic mass is 9.96.